The van der Waals surface area contributed by atoms with Crippen molar-refractivity contribution in [2.24, 2.45) is 5.41 Å². The third kappa shape index (κ3) is 2.03. The predicted octanol–water partition coefficient (Wildman–Crippen LogP) is 3.91. The van der Waals surface area contributed by atoms with Gasteiger partial charge in [0, 0.05) is 16.1 Å². The van der Waals surface area contributed by atoms with E-state index in [1.807, 2.05) is 29.5 Å². The molecule has 0 fully saturated rings. The van der Waals surface area contributed by atoms with Crippen molar-refractivity contribution in [1.29, 1.82) is 0 Å². The van der Waals surface area contributed by atoms with Crippen molar-refractivity contribution in [3.05, 3.63) is 34.8 Å². The summed E-state index contributed by atoms with van der Waals surface area (Å²) in [6.07, 6.45) is 3.48. The first-order valence-electron chi connectivity index (χ1n) is 6.39. The lowest BCUT2D eigenvalue weighted by molar-refractivity contribution is 0.316. The van der Waals surface area contributed by atoms with E-state index < -0.39 is 0 Å². The van der Waals surface area contributed by atoms with E-state index in [-0.39, 0.29) is 0 Å². The monoisotopic (exact) mass is 258 g/mol. The van der Waals surface area contributed by atoms with Crippen LogP contribution in [0.2, 0.25) is 0 Å². The number of benzene rings is 1. The molecule has 0 bridgehead atoms. The molecule has 0 radical (unpaired) electrons. The summed E-state index contributed by atoms with van der Waals surface area (Å²) in [5, 5.41) is 1.08. The molecule has 1 heterocycles. The first-order chi connectivity index (χ1) is 8.55. The summed E-state index contributed by atoms with van der Waals surface area (Å²) in [7, 11) is 0. The number of anilines is 1. The minimum Gasteiger partial charge on any atom is -0.398 e. The second kappa shape index (κ2) is 4.09. The minimum atomic E-state index is 0.416. The molecule has 1 aliphatic rings. The number of aromatic nitrogens is 1. The second-order valence-corrected chi connectivity index (χ2v) is 6.90. The van der Waals surface area contributed by atoms with Gasteiger partial charge in [0.1, 0.15) is 5.01 Å². The molecule has 0 saturated heterocycles. The Hall–Kier alpha value is -1.35. The summed E-state index contributed by atoms with van der Waals surface area (Å²) in [5.74, 6) is 0. The standard InChI is InChI=1S/C15H18N2S/c1-15(2)8-7-12-13(9-15)18-14(17-12)10-5-3-4-6-11(10)16/h3-6H,7-9,16H2,1-2H3. The number of para-hydroxylation sites is 1. The molecule has 0 saturated carbocycles. The Bertz CT molecular complexity index is 584. The molecule has 1 aromatic carbocycles. The number of fused-ring (bicyclic) bond motifs is 1. The Balaban J connectivity index is 2.02. The van der Waals surface area contributed by atoms with Crippen LogP contribution in [0.25, 0.3) is 10.6 Å². The highest BCUT2D eigenvalue weighted by atomic mass is 32.1. The van der Waals surface area contributed by atoms with Gasteiger partial charge in [-0.2, -0.15) is 0 Å². The third-order valence-electron chi connectivity index (χ3n) is 3.65. The number of hydrogen-bond acceptors (Lipinski definition) is 3. The Morgan fingerprint density at radius 1 is 1.28 bits per heavy atom. The summed E-state index contributed by atoms with van der Waals surface area (Å²) in [5.41, 5.74) is 9.64. The average molecular weight is 258 g/mol. The summed E-state index contributed by atoms with van der Waals surface area (Å²) >= 11 is 1.81. The highest BCUT2D eigenvalue weighted by Gasteiger charge is 2.28. The Morgan fingerprint density at radius 3 is 2.83 bits per heavy atom. The van der Waals surface area contributed by atoms with E-state index in [2.05, 4.69) is 19.9 Å². The quantitative estimate of drug-likeness (QED) is 0.788. The molecule has 0 amide bonds. The number of nitrogen functional groups attached to an aromatic ring is 1. The van der Waals surface area contributed by atoms with E-state index in [9.17, 15) is 0 Å². The predicted molar refractivity (Wildman–Crippen MR) is 77.8 cm³/mol. The fraction of sp³-hybridized carbons (Fsp3) is 0.400. The van der Waals surface area contributed by atoms with Gasteiger partial charge in [0.2, 0.25) is 0 Å². The first-order valence-corrected chi connectivity index (χ1v) is 7.20. The van der Waals surface area contributed by atoms with Gasteiger partial charge in [0.25, 0.3) is 0 Å². The summed E-state index contributed by atoms with van der Waals surface area (Å²) in [4.78, 5) is 6.23. The first kappa shape index (κ1) is 11.7. The molecule has 1 aromatic heterocycles. The molecule has 0 aliphatic heterocycles. The number of aryl methyl sites for hydroxylation is 1. The number of nitrogens with two attached hydrogens (primary N) is 1. The molecule has 3 heteroatoms. The molecule has 3 rings (SSSR count). The van der Waals surface area contributed by atoms with E-state index in [1.165, 1.54) is 17.0 Å². The van der Waals surface area contributed by atoms with Crippen molar-refractivity contribution in [3.8, 4) is 10.6 Å². The van der Waals surface area contributed by atoms with Crippen LogP contribution in [-0.4, -0.2) is 4.98 Å². The lowest BCUT2D eigenvalue weighted by Gasteiger charge is -2.28. The van der Waals surface area contributed by atoms with Crippen LogP contribution in [0.3, 0.4) is 0 Å². The summed E-state index contributed by atoms with van der Waals surface area (Å²) in [6, 6.07) is 8.00. The van der Waals surface area contributed by atoms with Gasteiger partial charge in [-0.15, -0.1) is 11.3 Å². The lowest BCUT2D eigenvalue weighted by atomic mass is 9.79. The van der Waals surface area contributed by atoms with Gasteiger partial charge < -0.3 is 5.73 Å². The Kier molecular flexibility index (Phi) is 2.67. The van der Waals surface area contributed by atoms with Gasteiger partial charge in [-0.25, -0.2) is 4.98 Å². The Morgan fingerprint density at radius 2 is 2.06 bits per heavy atom. The van der Waals surface area contributed by atoms with Gasteiger partial charge in [-0.1, -0.05) is 26.0 Å². The molecule has 2 aromatic rings. The van der Waals surface area contributed by atoms with Crippen LogP contribution in [0.4, 0.5) is 5.69 Å². The molecule has 0 atom stereocenters. The third-order valence-corrected chi connectivity index (χ3v) is 4.78. The normalized spacial score (nSPS) is 17.4. The second-order valence-electron chi connectivity index (χ2n) is 5.82. The van der Waals surface area contributed by atoms with Gasteiger partial charge in [-0.05, 0) is 36.8 Å². The molecule has 1 aliphatic carbocycles. The molecular formula is C15H18N2S. The average Bonchev–Trinajstić information content (AvgIpc) is 2.70. The maximum atomic E-state index is 6.03. The van der Waals surface area contributed by atoms with Crippen molar-refractivity contribution in [2.75, 3.05) is 5.73 Å². The van der Waals surface area contributed by atoms with Gasteiger partial charge in [0.05, 0.1) is 5.69 Å². The number of nitrogens with zero attached hydrogens (tertiary/aromatic N) is 1. The summed E-state index contributed by atoms with van der Waals surface area (Å²) in [6.45, 7) is 4.68. The zero-order valence-electron chi connectivity index (χ0n) is 10.9. The molecule has 0 spiro atoms. The largest absolute Gasteiger partial charge is 0.398 e. The number of hydrogen-bond donors (Lipinski definition) is 1. The molecular weight excluding hydrogens is 240 g/mol. The van der Waals surface area contributed by atoms with Crippen LogP contribution >= 0.6 is 11.3 Å². The van der Waals surface area contributed by atoms with Crippen LogP contribution in [0.15, 0.2) is 24.3 Å². The minimum absolute atomic E-state index is 0.416. The van der Waals surface area contributed by atoms with E-state index >= 15 is 0 Å². The van der Waals surface area contributed by atoms with Crippen LogP contribution in [0.1, 0.15) is 30.8 Å². The topological polar surface area (TPSA) is 38.9 Å². The Labute approximate surface area is 112 Å². The van der Waals surface area contributed by atoms with E-state index in [0.29, 0.717) is 5.41 Å². The summed E-state index contributed by atoms with van der Waals surface area (Å²) < 4.78 is 0. The van der Waals surface area contributed by atoms with Gasteiger partial charge in [-0.3, -0.25) is 0 Å². The van der Waals surface area contributed by atoms with Gasteiger partial charge >= 0.3 is 0 Å². The van der Waals surface area contributed by atoms with Crippen LogP contribution < -0.4 is 5.73 Å². The van der Waals surface area contributed by atoms with Crippen molar-refractivity contribution in [3.63, 3.8) is 0 Å². The highest BCUT2D eigenvalue weighted by Crippen LogP contribution is 2.40. The lowest BCUT2D eigenvalue weighted by Crippen LogP contribution is -2.20. The molecule has 18 heavy (non-hydrogen) atoms. The van der Waals surface area contributed by atoms with Crippen molar-refractivity contribution in [2.45, 2.75) is 33.1 Å². The maximum Gasteiger partial charge on any atom is 0.125 e. The molecule has 2 N–H and O–H groups in total. The van der Waals surface area contributed by atoms with Crippen LogP contribution in [0, 0.1) is 5.41 Å². The van der Waals surface area contributed by atoms with Crippen molar-refractivity contribution in [1.82, 2.24) is 4.98 Å². The number of thiazole rings is 1. The smallest absolute Gasteiger partial charge is 0.125 e. The van der Waals surface area contributed by atoms with Crippen molar-refractivity contribution < 1.29 is 0 Å². The molecule has 0 unspecified atom stereocenters. The zero-order valence-corrected chi connectivity index (χ0v) is 11.7. The van der Waals surface area contributed by atoms with Gasteiger partial charge in [0.15, 0.2) is 0 Å². The van der Waals surface area contributed by atoms with Crippen LogP contribution in [0.5, 0.6) is 0 Å². The highest BCUT2D eigenvalue weighted by molar-refractivity contribution is 7.15. The molecule has 94 valence electrons. The maximum absolute atomic E-state index is 6.03. The van der Waals surface area contributed by atoms with E-state index in [0.717, 1.165) is 29.1 Å². The fourth-order valence-electron chi connectivity index (χ4n) is 2.50. The SMILES string of the molecule is CC1(C)CCc2nc(-c3ccccc3N)sc2C1. The van der Waals surface area contributed by atoms with Crippen LogP contribution in [-0.2, 0) is 12.8 Å². The number of rotatable bonds is 1. The fourth-order valence-corrected chi connectivity index (χ4v) is 3.92. The van der Waals surface area contributed by atoms with E-state index in [1.54, 1.807) is 0 Å². The molecule has 2 nitrogen and oxygen atoms in total. The van der Waals surface area contributed by atoms with Crippen molar-refractivity contribution >= 4 is 17.0 Å². The van der Waals surface area contributed by atoms with E-state index in [4.69, 9.17) is 10.7 Å². The zero-order chi connectivity index (χ0) is 12.8.